The first-order valence-electron chi connectivity index (χ1n) is 5.58. The molecule has 0 aromatic heterocycles. The highest BCUT2D eigenvalue weighted by Crippen LogP contribution is 2.17. The smallest absolute Gasteiger partial charge is 0.124 e. The van der Waals surface area contributed by atoms with Gasteiger partial charge in [0, 0.05) is 12.1 Å². The molecule has 0 aliphatic carbocycles. The van der Waals surface area contributed by atoms with Gasteiger partial charge in [0.2, 0.25) is 0 Å². The number of rotatable bonds is 8. The van der Waals surface area contributed by atoms with Crippen molar-refractivity contribution in [2.45, 2.75) is 12.6 Å². The van der Waals surface area contributed by atoms with Crippen molar-refractivity contribution in [2.75, 3.05) is 19.8 Å². The second-order valence-corrected chi connectivity index (χ2v) is 3.65. The molecular formula is C13H19NO3. The zero-order valence-corrected chi connectivity index (χ0v) is 9.80. The molecule has 0 bridgehead atoms. The Kier molecular flexibility index (Phi) is 6.32. The van der Waals surface area contributed by atoms with E-state index >= 15 is 0 Å². The average molecular weight is 237 g/mol. The second-order valence-electron chi connectivity index (χ2n) is 3.65. The van der Waals surface area contributed by atoms with Gasteiger partial charge in [0.05, 0.1) is 19.3 Å². The van der Waals surface area contributed by atoms with E-state index in [0.717, 1.165) is 11.3 Å². The number of aliphatic hydroxyl groups is 2. The minimum Gasteiger partial charge on any atom is -0.489 e. The fraction of sp³-hybridized carbons (Fsp3) is 0.385. The van der Waals surface area contributed by atoms with Crippen LogP contribution in [0, 0.1) is 0 Å². The highest BCUT2D eigenvalue weighted by atomic mass is 16.5. The van der Waals surface area contributed by atoms with Gasteiger partial charge in [-0.15, -0.1) is 0 Å². The van der Waals surface area contributed by atoms with E-state index in [1.54, 1.807) is 6.08 Å². The Balaban J connectivity index is 2.59. The van der Waals surface area contributed by atoms with Gasteiger partial charge in [0.25, 0.3) is 0 Å². The highest BCUT2D eigenvalue weighted by molar-refractivity contribution is 5.33. The van der Waals surface area contributed by atoms with Crippen molar-refractivity contribution < 1.29 is 14.9 Å². The van der Waals surface area contributed by atoms with Crippen LogP contribution in [0.4, 0.5) is 0 Å². The van der Waals surface area contributed by atoms with Gasteiger partial charge in [-0.3, -0.25) is 0 Å². The Morgan fingerprint density at radius 2 is 2.00 bits per heavy atom. The van der Waals surface area contributed by atoms with E-state index in [0.29, 0.717) is 13.2 Å². The molecule has 0 aliphatic rings. The van der Waals surface area contributed by atoms with Crippen molar-refractivity contribution in [3.8, 4) is 5.75 Å². The van der Waals surface area contributed by atoms with Crippen LogP contribution in [0.2, 0.25) is 0 Å². The van der Waals surface area contributed by atoms with Crippen LogP contribution in [-0.2, 0) is 6.54 Å². The maximum absolute atomic E-state index is 8.95. The minimum atomic E-state index is -0.303. The van der Waals surface area contributed by atoms with Crippen LogP contribution in [0.25, 0.3) is 0 Å². The third-order valence-electron chi connectivity index (χ3n) is 2.35. The van der Waals surface area contributed by atoms with E-state index in [-0.39, 0.29) is 19.3 Å². The number of ether oxygens (including phenoxy) is 1. The van der Waals surface area contributed by atoms with Crippen molar-refractivity contribution in [1.82, 2.24) is 5.32 Å². The van der Waals surface area contributed by atoms with Gasteiger partial charge >= 0.3 is 0 Å². The first kappa shape index (κ1) is 13.7. The van der Waals surface area contributed by atoms with Crippen molar-refractivity contribution in [1.29, 1.82) is 0 Å². The van der Waals surface area contributed by atoms with Gasteiger partial charge in [-0.1, -0.05) is 30.9 Å². The van der Waals surface area contributed by atoms with Crippen LogP contribution in [0.3, 0.4) is 0 Å². The van der Waals surface area contributed by atoms with E-state index in [2.05, 4.69) is 11.9 Å². The predicted octanol–water partition coefficient (Wildman–Crippen LogP) is 0.694. The molecular weight excluding hydrogens is 218 g/mol. The molecule has 1 aromatic carbocycles. The fourth-order valence-electron chi connectivity index (χ4n) is 1.38. The second kappa shape index (κ2) is 7.84. The number of benzene rings is 1. The lowest BCUT2D eigenvalue weighted by Gasteiger charge is -2.15. The molecule has 4 heteroatoms. The van der Waals surface area contributed by atoms with E-state index in [1.165, 1.54) is 0 Å². The van der Waals surface area contributed by atoms with Crippen LogP contribution in [0.5, 0.6) is 5.75 Å². The Labute approximate surface area is 102 Å². The number of nitrogens with one attached hydrogen (secondary N) is 1. The van der Waals surface area contributed by atoms with Crippen molar-refractivity contribution in [3.05, 3.63) is 42.5 Å². The summed E-state index contributed by atoms with van der Waals surface area (Å²) >= 11 is 0. The summed E-state index contributed by atoms with van der Waals surface area (Å²) < 4.78 is 5.50. The summed E-state index contributed by atoms with van der Waals surface area (Å²) in [5, 5.41) is 20.9. The quantitative estimate of drug-likeness (QED) is 0.582. The first-order chi connectivity index (χ1) is 8.31. The van der Waals surface area contributed by atoms with Crippen molar-refractivity contribution in [3.63, 3.8) is 0 Å². The molecule has 0 saturated carbocycles. The topological polar surface area (TPSA) is 61.7 Å². The van der Waals surface area contributed by atoms with Crippen LogP contribution in [-0.4, -0.2) is 36.1 Å². The molecule has 0 fully saturated rings. The summed E-state index contributed by atoms with van der Waals surface area (Å²) in [7, 11) is 0. The van der Waals surface area contributed by atoms with Gasteiger partial charge in [-0.25, -0.2) is 0 Å². The summed E-state index contributed by atoms with van der Waals surface area (Å²) in [6, 6.07) is 7.34. The summed E-state index contributed by atoms with van der Waals surface area (Å²) in [5.74, 6) is 0.787. The zero-order chi connectivity index (χ0) is 12.5. The number of hydrogen-bond acceptors (Lipinski definition) is 4. The zero-order valence-electron chi connectivity index (χ0n) is 9.80. The largest absolute Gasteiger partial charge is 0.489 e. The van der Waals surface area contributed by atoms with Gasteiger partial charge in [0.15, 0.2) is 0 Å². The Morgan fingerprint density at radius 1 is 1.29 bits per heavy atom. The molecule has 0 radical (unpaired) electrons. The summed E-state index contributed by atoms with van der Waals surface area (Å²) in [5.41, 5.74) is 0.987. The lowest BCUT2D eigenvalue weighted by molar-refractivity contribution is 0.170. The lowest BCUT2D eigenvalue weighted by Crippen LogP contribution is -2.35. The Hall–Kier alpha value is -1.36. The normalized spacial score (nSPS) is 10.5. The number of hydrogen-bond donors (Lipinski definition) is 3. The predicted molar refractivity (Wildman–Crippen MR) is 66.9 cm³/mol. The fourth-order valence-corrected chi connectivity index (χ4v) is 1.38. The van der Waals surface area contributed by atoms with Crippen LogP contribution < -0.4 is 10.1 Å². The minimum absolute atomic E-state index is 0.0911. The third kappa shape index (κ3) is 4.56. The van der Waals surface area contributed by atoms with E-state index in [1.807, 2.05) is 24.3 Å². The maximum atomic E-state index is 8.95. The number of para-hydroxylation sites is 1. The first-order valence-corrected chi connectivity index (χ1v) is 5.58. The molecule has 0 atom stereocenters. The molecule has 0 spiro atoms. The van der Waals surface area contributed by atoms with Gasteiger partial charge in [0.1, 0.15) is 12.4 Å². The standard InChI is InChI=1S/C13H19NO3/c1-2-7-17-13-6-4-3-5-11(13)8-14-12(9-15)10-16/h2-6,12,14-16H,1,7-10H2. The Bertz CT molecular complexity index is 337. The molecule has 17 heavy (non-hydrogen) atoms. The van der Waals surface area contributed by atoms with E-state index in [4.69, 9.17) is 14.9 Å². The molecule has 1 rings (SSSR count). The maximum Gasteiger partial charge on any atom is 0.124 e. The average Bonchev–Trinajstić information content (AvgIpc) is 2.38. The van der Waals surface area contributed by atoms with Gasteiger partial charge in [-0.05, 0) is 6.07 Å². The molecule has 3 N–H and O–H groups in total. The van der Waals surface area contributed by atoms with E-state index < -0.39 is 0 Å². The SMILES string of the molecule is C=CCOc1ccccc1CNC(CO)CO. The molecule has 0 aliphatic heterocycles. The summed E-state index contributed by atoms with van der Waals surface area (Å²) in [6.07, 6.45) is 1.69. The van der Waals surface area contributed by atoms with Crippen molar-refractivity contribution in [2.24, 2.45) is 0 Å². The number of aliphatic hydroxyl groups excluding tert-OH is 2. The highest BCUT2D eigenvalue weighted by Gasteiger charge is 2.07. The van der Waals surface area contributed by atoms with Crippen molar-refractivity contribution >= 4 is 0 Å². The van der Waals surface area contributed by atoms with Gasteiger partial charge < -0.3 is 20.3 Å². The summed E-state index contributed by atoms with van der Waals surface area (Å²) in [4.78, 5) is 0. The summed E-state index contributed by atoms with van der Waals surface area (Å²) in [6.45, 7) is 4.42. The van der Waals surface area contributed by atoms with Crippen LogP contribution >= 0.6 is 0 Å². The molecule has 0 heterocycles. The Morgan fingerprint density at radius 3 is 2.65 bits per heavy atom. The van der Waals surface area contributed by atoms with Crippen LogP contribution in [0.1, 0.15) is 5.56 Å². The molecule has 0 unspecified atom stereocenters. The lowest BCUT2D eigenvalue weighted by atomic mass is 10.2. The molecule has 1 aromatic rings. The molecule has 0 saturated heterocycles. The third-order valence-corrected chi connectivity index (χ3v) is 2.35. The molecule has 4 nitrogen and oxygen atoms in total. The monoisotopic (exact) mass is 237 g/mol. The van der Waals surface area contributed by atoms with Crippen LogP contribution in [0.15, 0.2) is 36.9 Å². The molecule has 0 amide bonds. The van der Waals surface area contributed by atoms with Gasteiger partial charge in [-0.2, -0.15) is 0 Å². The van der Waals surface area contributed by atoms with E-state index in [9.17, 15) is 0 Å². The molecule has 94 valence electrons.